The van der Waals surface area contributed by atoms with E-state index in [4.69, 9.17) is 14.2 Å². The summed E-state index contributed by atoms with van der Waals surface area (Å²) in [6, 6.07) is 0. The quantitative estimate of drug-likeness (QED) is 0.692. The monoisotopic (exact) mass is 334 g/mol. The Bertz CT molecular complexity index is 318. The van der Waals surface area contributed by atoms with Crippen LogP contribution in [0.25, 0.3) is 0 Å². The summed E-state index contributed by atoms with van der Waals surface area (Å²) in [7, 11) is 1.94. The van der Waals surface area contributed by atoms with Crippen molar-refractivity contribution < 1.29 is 30.0 Å². The molecule has 0 amide bonds. The molecule has 1 N–H and O–H groups in total. The molecule has 0 aliphatic rings. The first-order chi connectivity index (χ1) is 4.89. The van der Waals surface area contributed by atoms with E-state index in [2.05, 4.69) is 4.98 Å². The Morgan fingerprint density at radius 3 is 2.00 bits per heavy atom. The predicted molar refractivity (Wildman–Crippen MR) is 27.5 cm³/mol. The SMILES string of the molecule is Cn1ccnc1.[O]=[Re](=[O])(=[O])[OH]. The van der Waals surface area contributed by atoms with Crippen molar-refractivity contribution in [2.24, 2.45) is 7.05 Å². The van der Waals surface area contributed by atoms with Crippen molar-refractivity contribution >= 4 is 0 Å². The minimum atomic E-state index is -5.86. The molecule has 0 saturated heterocycles. The average Bonchev–Trinajstić information content (AvgIpc) is 2.12. The Balaban J connectivity index is 0.000000187. The summed E-state index contributed by atoms with van der Waals surface area (Å²) in [5, 5.41) is 0. The first-order valence-corrected chi connectivity index (χ1v) is 6.99. The summed E-state index contributed by atoms with van der Waals surface area (Å²) in [6.45, 7) is 0. The van der Waals surface area contributed by atoms with Gasteiger partial charge in [0.1, 0.15) is 0 Å². The Kier molecular flexibility index (Phi) is 3.89. The second kappa shape index (κ2) is 4.18. The molecule has 11 heavy (non-hydrogen) atoms. The molecule has 7 heteroatoms. The van der Waals surface area contributed by atoms with Gasteiger partial charge in [-0.25, -0.2) is 4.98 Å². The molecule has 0 unspecified atom stereocenters. The van der Waals surface area contributed by atoms with E-state index in [1.54, 1.807) is 12.5 Å². The van der Waals surface area contributed by atoms with E-state index >= 15 is 0 Å². The fourth-order valence-corrected chi connectivity index (χ4v) is 0.326. The predicted octanol–water partition coefficient (Wildman–Crippen LogP) is -0.496. The van der Waals surface area contributed by atoms with Crippen LogP contribution in [0.2, 0.25) is 0 Å². The molecule has 1 aromatic heterocycles. The van der Waals surface area contributed by atoms with Gasteiger partial charge in [-0.1, -0.05) is 0 Å². The van der Waals surface area contributed by atoms with Crippen molar-refractivity contribution in [2.45, 2.75) is 0 Å². The van der Waals surface area contributed by atoms with E-state index in [-0.39, 0.29) is 0 Å². The van der Waals surface area contributed by atoms with Gasteiger partial charge in [0.15, 0.2) is 0 Å². The number of hydrogen-bond acceptors (Lipinski definition) is 4. The molecule has 64 valence electrons. The van der Waals surface area contributed by atoms with Gasteiger partial charge in [0.05, 0.1) is 6.33 Å². The van der Waals surface area contributed by atoms with Crippen LogP contribution in [0.15, 0.2) is 18.7 Å². The number of nitrogens with zero attached hydrogens (tertiary/aromatic N) is 2. The molecule has 0 fully saturated rings. The van der Waals surface area contributed by atoms with Crippen molar-refractivity contribution in [1.82, 2.24) is 9.55 Å². The van der Waals surface area contributed by atoms with E-state index in [0.717, 1.165) is 0 Å². The minimum absolute atomic E-state index is 1.75. The molecular weight excluding hydrogens is 326 g/mol. The van der Waals surface area contributed by atoms with Gasteiger partial charge in [0.25, 0.3) is 0 Å². The van der Waals surface area contributed by atoms with Crippen molar-refractivity contribution in [1.29, 1.82) is 0 Å². The Morgan fingerprint density at radius 2 is 1.91 bits per heavy atom. The first kappa shape index (κ1) is 10.2. The first-order valence-electron chi connectivity index (χ1n) is 2.45. The van der Waals surface area contributed by atoms with Crippen LogP contribution in [0.5, 0.6) is 0 Å². The summed E-state index contributed by atoms with van der Waals surface area (Å²) in [4.78, 5) is 3.78. The van der Waals surface area contributed by atoms with Gasteiger partial charge in [0, 0.05) is 19.4 Å². The zero-order valence-electron chi connectivity index (χ0n) is 5.68. The van der Waals surface area contributed by atoms with Crippen LogP contribution in [-0.4, -0.2) is 13.4 Å². The maximum absolute atomic E-state index is 8.75. The third-order valence-electron chi connectivity index (χ3n) is 0.637. The molecule has 0 bridgehead atoms. The van der Waals surface area contributed by atoms with Crippen LogP contribution in [-0.2, 0) is 33.2 Å². The van der Waals surface area contributed by atoms with Crippen LogP contribution < -0.4 is 0 Å². The second-order valence-electron chi connectivity index (χ2n) is 1.62. The van der Waals surface area contributed by atoms with Gasteiger partial charge in [-0.3, -0.25) is 0 Å². The second-order valence-corrected chi connectivity index (χ2v) is 4.47. The molecule has 1 rings (SSSR count). The topological polar surface area (TPSA) is 89.3 Å². The zero-order chi connectivity index (χ0) is 8.91. The standard InChI is InChI=1S/C4H6N2.H2O.3O.Re/c1-6-3-2-5-4-6;;;;;/h2-4H,1H3;1H2;;;;/q;;;;;+1/p-1. The molecule has 0 radical (unpaired) electrons. The summed E-state index contributed by atoms with van der Waals surface area (Å²) >= 11 is -5.86. The summed E-state index contributed by atoms with van der Waals surface area (Å²) in [5.41, 5.74) is 0. The molecule has 0 spiro atoms. The van der Waals surface area contributed by atoms with Crippen LogP contribution in [0.4, 0.5) is 0 Å². The van der Waals surface area contributed by atoms with Gasteiger partial charge in [-0.2, -0.15) is 0 Å². The average molecular weight is 333 g/mol. The van der Waals surface area contributed by atoms with E-state index < -0.39 is 15.8 Å². The van der Waals surface area contributed by atoms with Crippen LogP contribution in [0.3, 0.4) is 0 Å². The molecule has 0 aliphatic heterocycles. The van der Waals surface area contributed by atoms with Crippen LogP contribution >= 0.6 is 0 Å². The van der Waals surface area contributed by atoms with Gasteiger partial charge in [0.2, 0.25) is 0 Å². The van der Waals surface area contributed by atoms with E-state index in [1.165, 1.54) is 0 Å². The third kappa shape index (κ3) is 12.4. The number of imidazole rings is 1. The molecule has 1 aromatic rings. The van der Waals surface area contributed by atoms with Crippen molar-refractivity contribution in [3.05, 3.63) is 18.7 Å². The van der Waals surface area contributed by atoms with E-state index in [0.29, 0.717) is 0 Å². The fourth-order valence-electron chi connectivity index (χ4n) is 0.326. The van der Waals surface area contributed by atoms with Crippen molar-refractivity contribution in [3.63, 3.8) is 0 Å². The fraction of sp³-hybridized carbons (Fsp3) is 0.250. The van der Waals surface area contributed by atoms with Gasteiger partial charge in [-0.15, -0.1) is 0 Å². The van der Waals surface area contributed by atoms with Gasteiger partial charge < -0.3 is 4.57 Å². The summed E-state index contributed by atoms with van der Waals surface area (Å²) in [6.07, 6.45) is 5.39. The van der Waals surface area contributed by atoms with Gasteiger partial charge >= 0.3 is 30.0 Å². The molecule has 0 atom stereocenters. The van der Waals surface area contributed by atoms with E-state index in [9.17, 15) is 0 Å². The van der Waals surface area contributed by atoms with Crippen LogP contribution in [0.1, 0.15) is 0 Å². The summed E-state index contributed by atoms with van der Waals surface area (Å²) in [5.74, 6) is 0. The molecular formula is C4H7N2O4Re. The molecule has 0 aromatic carbocycles. The maximum atomic E-state index is 8.75. The zero-order valence-corrected chi connectivity index (χ0v) is 8.39. The molecule has 1 heterocycles. The number of hydrogen-bond donors (Lipinski definition) is 1. The Morgan fingerprint density at radius 1 is 1.45 bits per heavy atom. The summed E-state index contributed by atoms with van der Waals surface area (Å²) < 4.78 is 35.2. The molecule has 6 nitrogen and oxygen atoms in total. The number of aromatic nitrogens is 2. The number of aryl methyl sites for hydroxylation is 1. The Hall–Kier alpha value is -0.768. The Labute approximate surface area is 65.8 Å². The van der Waals surface area contributed by atoms with Crippen LogP contribution in [0, 0.1) is 0 Å². The molecule has 0 saturated carbocycles. The van der Waals surface area contributed by atoms with Crippen molar-refractivity contribution in [3.8, 4) is 0 Å². The normalized spacial score (nSPS) is 10.0. The van der Waals surface area contributed by atoms with E-state index in [1.807, 2.05) is 17.8 Å². The van der Waals surface area contributed by atoms with Crippen molar-refractivity contribution in [2.75, 3.05) is 0 Å². The number of rotatable bonds is 0. The molecule has 0 aliphatic carbocycles. The third-order valence-corrected chi connectivity index (χ3v) is 0.637. The van der Waals surface area contributed by atoms with Gasteiger partial charge in [-0.05, 0) is 0 Å².